The Hall–Kier alpha value is -3.55. The quantitative estimate of drug-likeness (QED) is 0.639. The number of fused-ring (bicyclic) bond motifs is 3. The normalized spacial score (nSPS) is 15.3. The second-order valence-electron chi connectivity index (χ2n) is 8.01. The fourth-order valence-electron chi connectivity index (χ4n) is 4.00. The van der Waals surface area contributed by atoms with Crippen molar-refractivity contribution in [3.63, 3.8) is 0 Å². The van der Waals surface area contributed by atoms with Crippen molar-refractivity contribution in [1.82, 2.24) is 14.9 Å². The molecule has 0 atom stereocenters. The number of nitrogens with one attached hydrogen (secondary N) is 1. The lowest BCUT2D eigenvalue weighted by atomic mass is 9.82. The summed E-state index contributed by atoms with van der Waals surface area (Å²) in [7, 11) is 0. The fourth-order valence-corrected chi connectivity index (χ4v) is 4.00. The van der Waals surface area contributed by atoms with Crippen LogP contribution in [0.25, 0.3) is 16.5 Å². The summed E-state index contributed by atoms with van der Waals surface area (Å²) < 4.78 is 32.3. The predicted molar refractivity (Wildman–Crippen MR) is 111 cm³/mol. The number of esters is 1. The third-order valence-electron chi connectivity index (χ3n) is 5.32. The molecule has 1 amide bonds. The first kappa shape index (κ1) is 20.7. The zero-order chi connectivity index (χ0) is 22.3. The summed E-state index contributed by atoms with van der Waals surface area (Å²) in [5.74, 6) is -3.30. The molecule has 1 aromatic carbocycles. The first-order chi connectivity index (χ1) is 14.7. The van der Waals surface area contributed by atoms with Crippen molar-refractivity contribution in [1.29, 1.82) is 0 Å². The molecule has 0 saturated heterocycles. The SMILES string of the molecule is CCOC(=O)C1=CN(C(=O)c2ccc(F)c(F)c2)CC(C)(C)c2c1[nH]c1ccncc21. The molecule has 0 aliphatic carbocycles. The van der Waals surface area contributed by atoms with Gasteiger partial charge in [-0.2, -0.15) is 0 Å². The molecule has 0 radical (unpaired) electrons. The number of hydrogen-bond donors (Lipinski definition) is 1. The van der Waals surface area contributed by atoms with E-state index >= 15 is 0 Å². The second kappa shape index (κ2) is 7.61. The maximum atomic E-state index is 13.7. The van der Waals surface area contributed by atoms with Crippen molar-refractivity contribution >= 4 is 28.4 Å². The van der Waals surface area contributed by atoms with Gasteiger partial charge in [0.1, 0.15) is 0 Å². The van der Waals surface area contributed by atoms with Crippen LogP contribution in [-0.2, 0) is 14.9 Å². The molecule has 1 N–H and O–H groups in total. The van der Waals surface area contributed by atoms with E-state index in [1.807, 2.05) is 19.9 Å². The Morgan fingerprint density at radius 3 is 2.71 bits per heavy atom. The molecule has 2 aromatic heterocycles. The minimum atomic E-state index is -1.11. The van der Waals surface area contributed by atoms with Gasteiger partial charge in [0.25, 0.3) is 5.91 Å². The Kier molecular flexibility index (Phi) is 5.08. The lowest BCUT2D eigenvalue weighted by Crippen LogP contribution is -2.37. The molecule has 0 saturated carbocycles. The van der Waals surface area contributed by atoms with Gasteiger partial charge in [0.2, 0.25) is 0 Å². The summed E-state index contributed by atoms with van der Waals surface area (Å²) in [4.78, 5) is 34.8. The minimum Gasteiger partial charge on any atom is -0.462 e. The van der Waals surface area contributed by atoms with Gasteiger partial charge in [-0.05, 0) is 36.8 Å². The van der Waals surface area contributed by atoms with Gasteiger partial charge in [0.05, 0.1) is 17.9 Å². The Labute approximate surface area is 177 Å². The van der Waals surface area contributed by atoms with Crippen LogP contribution < -0.4 is 0 Å². The van der Waals surface area contributed by atoms with Crippen molar-refractivity contribution in [2.45, 2.75) is 26.2 Å². The molecular formula is C23H21F2N3O3. The standard InChI is InChI=1S/C23H21F2N3O3/c1-4-31-22(30)15-11-28(21(29)13-5-6-16(24)17(25)9-13)12-23(2,3)19-14-10-26-8-7-18(14)27-20(15)19/h5-11,27H,4,12H2,1-3H3. The summed E-state index contributed by atoms with van der Waals surface area (Å²) in [6, 6.07) is 4.79. The highest BCUT2D eigenvalue weighted by molar-refractivity contribution is 6.18. The highest BCUT2D eigenvalue weighted by atomic mass is 19.2. The molecule has 0 unspecified atom stereocenters. The van der Waals surface area contributed by atoms with E-state index in [0.29, 0.717) is 5.69 Å². The van der Waals surface area contributed by atoms with Crippen LogP contribution >= 0.6 is 0 Å². The number of H-pyrrole nitrogens is 1. The fraction of sp³-hybridized carbons (Fsp3) is 0.261. The Morgan fingerprint density at radius 2 is 2.00 bits per heavy atom. The van der Waals surface area contributed by atoms with Gasteiger partial charge in [-0.15, -0.1) is 0 Å². The Balaban J connectivity index is 1.89. The van der Waals surface area contributed by atoms with E-state index in [-0.39, 0.29) is 24.3 Å². The molecule has 1 aliphatic rings. The smallest absolute Gasteiger partial charge is 0.341 e. The molecule has 0 fully saturated rings. The van der Waals surface area contributed by atoms with Crippen LogP contribution in [0.1, 0.15) is 42.4 Å². The number of benzene rings is 1. The van der Waals surface area contributed by atoms with Gasteiger partial charge in [0, 0.05) is 47.0 Å². The van der Waals surface area contributed by atoms with Gasteiger partial charge < -0.3 is 14.6 Å². The molecule has 4 rings (SSSR count). The summed E-state index contributed by atoms with van der Waals surface area (Å²) in [5, 5.41) is 0.833. The molecule has 0 spiro atoms. The molecule has 160 valence electrons. The van der Waals surface area contributed by atoms with Crippen molar-refractivity contribution in [3.8, 4) is 0 Å². The zero-order valence-corrected chi connectivity index (χ0v) is 17.3. The number of carbonyl (C=O) groups is 2. The van der Waals surface area contributed by atoms with Crippen LogP contribution in [0.3, 0.4) is 0 Å². The van der Waals surface area contributed by atoms with Crippen LogP contribution in [0.4, 0.5) is 8.78 Å². The number of aromatic nitrogens is 2. The monoisotopic (exact) mass is 425 g/mol. The van der Waals surface area contributed by atoms with E-state index in [1.54, 1.807) is 19.3 Å². The number of aromatic amines is 1. The predicted octanol–water partition coefficient (Wildman–Crippen LogP) is 4.18. The summed E-state index contributed by atoms with van der Waals surface area (Å²) in [6.07, 6.45) is 4.78. The Bertz CT molecular complexity index is 1230. The summed E-state index contributed by atoms with van der Waals surface area (Å²) >= 11 is 0. The number of pyridine rings is 1. The highest BCUT2D eigenvalue weighted by Gasteiger charge is 2.37. The van der Waals surface area contributed by atoms with Gasteiger partial charge >= 0.3 is 5.97 Å². The van der Waals surface area contributed by atoms with Crippen LogP contribution in [0, 0.1) is 11.6 Å². The maximum Gasteiger partial charge on any atom is 0.341 e. The molecule has 6 nitrogen and oxygen atoms in total. The van der Waals surface area contributed by atoms with Crippen molar-refractivity contribution in [2.75, 3.05) is 13.2 Å². The third kappa shape index (κ3) is 3.58. The summed E-state index contributed by atoms with van der Waals surface area (Å²) in [6.45, 7) is 5.94. The molecule has 8 heteroatoms. The largest absolute Gasteiger partial charge is 0.462 e. The van der Waals surface area contributed by atoms with E-state index in [1.165, 1.54) is 17.2 Å². The van der Waals surface area contributed by atoms with E-state index in [4.69, 9.17) is 4.74 Å². The van der Waals surface area contributed by atoms with Crippen molar-refractivity contribution in [3.05, 3.63) is 71.3 Å². The average molecular weight is 425 g/mol. The van der Waals surface area contributed by atoms with Crippen molar-refractivity contribution < 1.29 is 23.1 Å². The lowest BCUT2D eigenvalue weighted by molar-refractivity contribution is -0.136. The topological polar surface area (TPSA) is 75.3 Å². The van der Waals surface area contributed by atoms with Gasteiger partial charge in [-0.3, -0.25) is 9.78 Å². The van der Waals surface area contributed by atoms with Gasteiger partial charge in [0.15, 0.2) is 11.6 Å². The number of halogens is 2. The maximum absolute atomic E-state index is 13.7. The van der Waals surface area contributed by atoms with Crippen LogP contribution in [-0.4, -0.2) is 39.9 Å². The number of hydrogen-bond acceptors (Lipinski definition) is 4. The average Bonchev–Trinajstić information content (AvgIpc) is 3.07. The second-order valence-corrected chi connectivity index (χ2v) is 8.01. The minimum absolute atomic E-state index is 0.0220. The van der Waals surface area contributed by atoms with Crippen LogP contribution in [0.5, 0.6) is 0 Å². The zero-order valence-electron chi connectivity index (χ0n) is 17.3. The third-order valence-corrected chi connectivity index (χ3v) is 5.32. The molecule has 1 aliphatic heterocycles. The van der Waals surface area contributed by atoms with Crippen LogP contribution in [0.15, 0.2) is 42.9 Å². The van der Waals surface area contributed by atoms with E-state index in [9.17, 15) is 18.4 Å². The molecule has 3 heterocycles. The molecule has 31 heavy (non-hydrogen) atoms. The van der Waals surface area contributed by atoms with E-state index < -0.39 is 28.9 Å². The van der Waals surface area contributed by atoms with Gasteiger partial charge in [-0.1, -0.05) is 13.8 Å². The number of amides is 1. The summed E-state index contributed by atoms with van der Waals surface area (Å²) in [5.41, 5.74) is 1.74. The first-order valence-corrected chi connectivity index (χ1v) is 9.84. The van der Waals surface area contributed by atoms with E-state index in [2.05, 4.69) is 9.97 Å². The molecular weight excluding hydrogens is 404 g/mol. The highest BCUT2D eigenvalue weighted by Crippen LogP contribution is 2.40. The van der Waals surface area contributed by atoms with Crippen molar-refractivity contribution in [2.24, 2.45) is 0 Å². The lowest BCUT2D eigenvalue weighted by Gasteiger charge is -2.29. The molecule has 3 aromatic rings. The number of carbonyl (C=O) groups excluding carboxylic acids is 2. The van der Waals surface area contributed by atoms with Gasteiger partial charge in [-0.25, -0.2) is 13.6 Å². The number of nitrogens with zero attached hydrogens (tertiary/aromatic N) is 2. The van der Waals surface area contributed by atoms with Crippen LogP contribution in [0.2, 0.25) is 0 Å². The van der Waals surface area contributed by atoms with E-state index in [0.717, 1.165) is 28.6 Å². The number of rotatable bonds is 3. The molecule has 0 bridgehead atoms. The number of ether oxygens (including phenoxy) is 1. The first-order valence-electron chi connectivity index (χ1n) is 9.84. The Morgan fingerprint density at radius 1 is 1.23 bits per heavy atom.